The number of nitrogens with one attached hydrogen (secondary N) is 3. The molecule has 0 unspecified atom stereocenters. The van der Waals surface area contributed by atoms with Crippen LogP contribution >= 0.6 is 0 Å². The van der Waals surface area contributed by atoms with Gasteiger partial charge in [-0.15, -0.1) is 0 Å². The van der Waals surface area contributed by atoms with E-state index in [1.807, 2.05) is 6.08 Å². The van der Waals surface area contributed by atoms with E-state index in [4.69, 9.17) is 18.9 Å². The average molecular weight is 839 g/mol. The molecule has 0 radical (unpaired) electrons. The van der Waals surface area contributed by atoms with Crippen molar-refractivity contribution in [1.29, 1.82) is 0 Å². The Balaban J connectivity index is 1.39. The predicted molar refractivity (Wildman–Crippen MR) is 201 cm³/mol. The van der Waals surface area contributed by atoms with Crippen LogP contribution in [0.3, 0.4) is 0 Å². The molecule has 2 saturated carbocycles. The molecule has 2 aromatic rings. The summed E-state index contributed by atoms with van der Waals surface area (Å²) in [4.78, 5) is 65.3. The van der Waals surface area contributed by atoms with Crippen LogP contribution in [0.1, 0.15) is 77.8 Å². The lowest BCUT2D eigenvalue weighted by atomic mass is 9.92. The Labute approximate surface area is 334 Å². The van der Waals surface area contributed by atoms with Crippen LogP contribution in [0.2, 0.25) is 0 Å². The van der Waals surface area contributed by atoms with Gasteiger partial charge in [0.2, 0.25) is 33.4 Å². The fourth-order valence-electron chi connectivity index (χ4n) is 7.40. The topological polar surface area (TPSA) is 204 Å². The molecule has 1 aromatic carbocycles. The first kappa shape index (κ1) is 42.9. The first-order valence-electron chi connectivity index (χ1n) is 19.2. The van der Waals surface area contributed by atoms with Crippen LogP contribution in [0.25, 0.3) is 11.0 Å². The maximum Gasteiger partial charge on any atom is 0.438 e. The van der Waals surface area contributed by atoms with Crippen molar-refractivity contribution >= 4 is 44.9 Å². The van der Waals surface area contributed by atoms with E-state index in [9.17, 15) is 40.8 Å². The van der Waals surface area contributed by atoms with E-state index in [-0.39, 0.29) is 30.5 Å². The third-order valence-electron chi connectivity index (χ3n) is 10.6. The highest BCUT2D eigenvalue weighted by Gasteiger charge is 2.62. The zero-order valence-electron chi connectivity index (χ0n) is 32.9. The summed E-state index contributed by atoms with van der Waals surface area (Å²) < 4.78 is 93.2. The highest BCUT2D eigenvalue weighted by Crippen LogP contribution is 2.46. The Bertz CT molecular complexity index is 2060. The average Bonchev–Trinajstić information content (AvgIpc) is 4.06. The van der Waals surface area contributed by atoms with Gasteiger partial charge in [-0.3, -0.25) is 19.1 Å². The largest absolute Gasteiger partial charge is 0.497 e. The van der Waals surface area contributed by atoms with Crippen molar-refractivity contribution in [2.45, 2.75) is 113 Å². The maximum atomic E-state index is 14.8. The number of alkyl carbamates (subject to hydrolysis) is 1. The Kier molecular flexibility index (Phi) is 12.2. The number of benzene rings is 1. The number of rotatable bonds is 9. The van der Waals surface area contributed by atoms with Crippen LogP contribution in [-0.2, 0) is 40.1 Å². The van der Waals surface area contributed by atoms with E-state index in [0.29, 0.717) is 44.3 Å². The van der Waals surface area contributed by atoms with Crippen LogP contribution in [0.4, 0.5) is 18.0 Å². The smallest absolute Gasteiger partial charge is 0.438 e. The molecule has 4 aliphatic rings. The Morgan fingerprint density at radius 1 is 1.05 bits per heavy atom. The summed E-state index contributed by atoms with van der Waals surface area (Å²) in [6.07, 6.45) is -0.998. The summed E-state index contributed by atoms with van der Waals surface area (Å²) in [5.41, 5.74) is -4.14. The van der Waals surface area contributed by atoms with E-state index in [0.717, 1.165) is 4.90 Å². The summed E-state index contributed by atoms with van der Waals surface area (Å²) in [5.74, 6) is -4.42. The third-order valence-corrected chi connectivity index (χ3v) is 12.4. The van der Waals surface area contributed by atoms with Gasteiger partial charge >= 0.3 is 12.3 Å². The molecule has 20 heteroatoms. The Morgan fingerprint density at radius 3 is 2.45 bits per heavy atom. The van der Waals surface area contributed by atoms with Crippen LogP contribution in [0.15, 0.2) is 30.4 Å². The molecule has 6 atom stereocenters. The van der Waals surface area contributed by atoms with E-state index in [1.165, 1.54) is 32.4 Å². The molecule has 1 saturated heterocycles. The lowest BCUT2D eigenvalue weighted by Crippen LogP contribution is -2.59. The normalized spacial score (nSPS) is 27.6. The van der Waals surface area contributed by atoms with Gasteiger partial charge in [-0.2, -0.15) is 13.2 Å². The van der Waals surface area contributed by atoms with E-state index in [2.05, 4.69) is 25.3 Å². The molecular formula is C38H49F3N6O10S. The van der Waals surface area contributed by atoms with Gasteiger partial charge in [0.15, 0.2) is 0 Å². The summed E-state index contributed by atoms with van der Waals surface area (Å²) in [5, 5.41) is 4.65. The molecular weight excluding hydrogens is 790 g/mol. The van der Waals surface area contributed by atoms with E-state index >= 15 is 0 Å². The number of fused-ring (bicyclic) bond motifs is 3. The first-order chi connectivity index (χ1) is 27.2. The maximum absolute atomic E-state index is 14.8. The van der Waals surface area contributed by atoms with Crippen LogP contribution in [0, 0.1) is 11.8 Å². The molecule has 58 heavy (non-hydrogen) atoms. The molecule has 3 N–H and O–H groups in total. The number of hydrogen-bond donors (Lipinski definition) is 3. The van der Waals surface area contributed by atoms with Crippen LogP contribution in [-0.4, -0.2) is 109 Å². The third kappa shape index (κ3) is 9.76. The van der Waals surface area contributed by atoms with Crippen molar-refractivity contribution in [2.24, 2.45) is 11.8 Å². The fraction of sp³-hybridized carbons (Fsp3) is 0.632. The SMILES string of the molecule is COC[C@@H]1CCCC/C=C\[C@@H]2C[C@@]2(C(=O)NS(=O)(=O)C2CC2)NC(=O)[C@@H]2C[C@@H](Oc3nc4cc(OC)ccc4nc3C(F)(F)F)CN2C(=O)[C@H]1NC(=O)OC(C)(C)C. The van der Waals surface area contributed by atoms with Gasteiger partial charge in [-0.25, -0.2) is 23.2 Å². The molecule has 4 amide bonds. The highest BCUT2D eigenvalue weighted by atomic mass is 32.2. The summed E-state index contributed by atoms with van der Waals surface area (Å²) in [6.45, 7) is 4.49. The number of halogens is 3. The zero-order valence-corrected chi connectivity index (χ0v) is 33.7. The molecule has 1 aromatic heterocycles. The van der Waals surface area contributed by atoms with Gasteiger partial charge in [0.1, 0.15) is 35.1 Å². The number of carbonyl (C=O) groups excluding carboxylic acids is 4. The van der Waals surface area contributed by atoms with Crippen molar-refractivity contribution in [1.82, 2.24) is 30.2 Å². The number of sulfonamides is 1. The molecule has 3 heterocycles. The molecule has 2 aliphatic carbocycles. The molecule has 318 valence electrons. The predicted octanol–water partition coefficient (Wildman–Crippen LogP) is 3.77. The standard InChI is InChI=1S/C38H49F3N6O10S/c1-36(2,3)57-35(51)44-29-21(20-54-4)10-8-6-7-9-11-22-18-37(22,34(50)46-58(52,53)25-13-14-25)45-31(48)28-17-24(19-47(28)33(29)49)56-32-30(38(39,40)41)42-26-15-12-23(55-5)16-27(26)43-32/h9,11-12,15-16,21-22,24-25,28-29H,6-8,10,13-14,17-20H2,1-5H3,(H,44,51)(H,45,48)(H,46,50)/b11-9-/t21-,22+,24+,28-,29-,37+/m0/s1. The van der Waals surface area contributed by atoms with Gasteiger partial charge in [-0.1, -0.05) is 18.6 Å². The van der Waals surface area contributed by atoms with Crippen molar-refractivity contribution in [3.63, 3.8) is 0 Å². The van der Waals surface area contributed by atoms with Gasteiger partial charge in [0.05, 0.1) is 36.5 Å². The molecule has 0 spiro atoms. The van der Waals surface area contributed by atoms with Crippen molar-refractivity contribution < 1.29 is 59.7 Å². The monoisotopic (exact) mass is 838 g/mol. The second-order valence-electron chi connectivity index (χ2n) is 16.2. The van der Waals surface area contributed by atoms with Crippen molar-refractivity contribution in [2.75, 3.05) is 27.4 Å². The van der Waals surface area contributed by atoms with Crippen LogP contribution < -0.4 is 24.8 Å². The van der Waals surface area contributed by atoms with E-state index < -0.39 is 105 Å². The van der Waals surface area contributed by atoms with Crippen molar-refractivity contribution in [3.05, 3.63) is 36.0 Å². The Morgan fingerprint density at radius 2 is 1.79 bits per heavy atom. The van der Waals surface area contributed by atoms with E-state index in [1.54, 1.807) is 26.8 Å². The van der Waals surface area contributed by atoms with Gasteiger partial charge < -0.3 is 34.5 Å². The number of methoxy groups -OCH3 is 2. The van der Waals surface area contributed by atoms with Gasteiger partial charge in [0, 0.05) is 31.4 Å². The Hall–Kier alpha value is -4.72. The quantitative estimate of drug-likeness (QED) is 0.309. The van der Waals surface area contributed by atoms with Crippen molar-refractivity contribution in [3.8, 4) is 11.6 Å². The number of amides is 4. The minimum Gasteiger partial charge on any atom is -0.497 e. The minimum atomic E-state index is -5.02. The van der Waals surface area contributed by atoms with Crippen LogP contribution in [0.5, 0.6) is 11.6 Å². The minimum absolute atomic E-state index is 0.0125. The highest BCUT2D eigenvalue weighted by molar-refractivity contribution is 7.91. The lowest BCUT2D eigenvalue weighted by Gasteiger charge is -2.33. The summed E-state index contributed by atoms with van der Waals surface area (Å²) in [6, 6.07) is 1.32. The number of ether oxygens (including phenoxy) is 4. The molecule has 16 nitrogen and oxygen atoms in total. The number of aromatic nitrogens is 2. The molecule has 3 fully saturated rings. The first-order valence-corrected chi connectivity index (χ1v) is 20.7. The number of alkyl halides is 3. The van der Waals surface area contributed by atoms with Gasteiger partial charge in [0.25, 0.3) is 5.91 Å². The number of nitrogens with zero attached hydrogens (tertiary/aromatic N) is 3. The lowest BCUT2D eigenvalue weighted by molar-refractivity contribution is -0.143. The second kappa shape index (κ2) is 16.5. The molecule has 0 bridgehead atoms. The summed E-state index contributed by atoms with van der Waals surface area (Å²) in [7, 11) is -1.21. The van der Waals surface area contributed by atoms with Gasteiger partial charge in [-0.05, 0) is 71.4 Å². The summed E-state index contributed by atoms with van der Waals surface area (Å²) >= 11 is 0. The number of hydrogen-bond acceptors (Lipinski definition) is 12. The fourth-order valence-corrected chi connectivity index (χ4v) is 8.76. The number of carbonyl (C=O) groups is 4. The zero-order chi connectivity index (χ0) is 42.2. The number of allylic oxidation sites excluding steroid dienone is 1. The molecule has 2 aliphatic heterocycles. The molecule has 6 rings (SSSR count). The second-order valence-corrected chi connectivity index (χ2v) is 18.2.